The van der Waals surface area contributed by atoms with Crippen LogP contribution in [0, 0.1) is 5.41 Å². The maximum atomic E-state index is 12.7. The molecule has 1 aliphatic carbocycles. The monoisotopic (exact) mass is 397 g/mol. The van der Waals surface area contributed by atoms with E-state index in [0.29, 0.717) is 42.0 Å². The van der Waals surface area contributed by atoms with E-state index in [9.17, 15) is 19.5 Å². The third kappa shape index (κ3) is 5.10. The maximum absolute atomic E-state index is 12.7. The van der Waals surface area contributed by atoms with E-state index in [4.69, 9.17) is 0 Å². The summed E-state index contributed by atoms with van der Waals surface area (Å²) in [6.45, 7) is 1.92. The van der Waals surface area contributed by atoms with Crippen LogP contribution in [-0.4, -0.2) is 27.0 Å². The van der Waals surface area contributed by atoms with Gasteiger partial charge in [0.1, 0.15) is 5.82 Å². The summed E-state index contributed by atoms with van der Waals surface area (Å²) in [5, 5.41) is 12.6. The van der Waals surface area contributed by atoms with Crippen LogP contribution >= 0.6 is 0 Å². The fourth-order valence-corrected chi connectivity index (χ4v) is 3.95. The lowest BCUT2D eigenvalue weighted by Crippen LogP contribution is -2.35. The molecule has 0 atom stereocenters. The van der Waals surface area contributed by atoms with Crippen molar-refractivity contribution in [2.75, 3.05) is 5.32 Å². The fourth-order valence-electron chi connectivity index (χ4n) is 3.95. The van der Waals surface area contributed by atoms with Crippen molar-refractivity contribution in [3.63, 3.8) is 0 Å². The normalized spacial score (nSPS) is 16.0. The van der Waals surface area contributed by atoms with Gasteiger partial charge >= 0.3 is 5.97 Å². The highest BCUT2D eigenvalue weighted by Gasteiger charge is 2.40. The molecule has 2 aromatic rings. The summed E-state index contributed by atoms with van der Waals surface area (Å²) >= 11 is 0. The number of nitrogens with one attached hydrogen (secondary N) is 2. The molecule has 3 N–H and O–H groups in total. The van der Waals surface area contributed by atoms with E-state index in [1.54, 1.807) is 24.3 Å². The summed E-state index contributed by atoms with van der Waals surface area (Å²) in [7, 11) is 0. The Morgan fingerprint density at radius 1 is 1.17 bits per heavy atom. The average molecular weight is 397 g/mol. The van der Waals surface area contributed by atoms with Crippen LogP contribution in [0.3, 0.4) is 0 Å². The minimum Gasteiger partial charge on any atom is -0.481 e. The van der Waals surface area contributed by atoms with Crippen LogP contribution in [-0.2, 0) is 16.0 Å². The second-order valence-electron chi connectivity index (χ2n) is 7.74. The number of aliphatic carboxylic acids is 1. The number of carbonyl (C=O) groups excluding carboxylic acids is 1. The second-order valence-corrected chi connectivity index (χ2v) is 7.74. The molecule has 3 rings (SSSR count). The van der Waals surface area contributed by atoms with Crippen LogP contribution in [0.1, 0.15) is 57.6 Å². The van der Waals surface area contributed by atoms with Crippen LogP contribution in [0.5, 0.6) is 0 Å². The molecule has 0 unspecified atom stereocenters. The molecule has 1 fully saturated rings. The molecule has 0 spiro atoms. The van der Waals surface area contributed by atoms with Crippen LogP contribution in [0.25, 0.3) is 11.4 Å². The molecule has 1 aromatic carbocycles. The number of amides is 1. The molecule has 7 nitrogen and oxygen atoms in total. The summed E-state index contributed by atoms with van der Waals surface area (Å²) in [5.74, 6) is -0.757. The van der Waals surface area contributed by atoms with E-state index in [-0.39, 0.29) is 17.9 Å². The topological polar surface area (TPSA) is 112 Å². The van der Waals surface area contributed by atoms with Crippen molar-refractivity contribution in [3.8, 4) is 11.4 Å². The van der Waals surface area contributed by atoms with Crippen molar-refractivity contribution < 1.29 is 14.7 Å². The average Bonchev–Trinajstić information content (AvgIpc) is 2.94. The number of anilines is 1. The van der Waals surface area contributed by atoms with Crippen LogP contribution in [0.2, 0.25) is 0 Å². The smallest absolute Gasteiger partial charge is 0.310 e. The van der Waals surface area contributed by atoms with Gasteiger partial charge in [0, 0.05) is 29.4 Å². The molecule has 0 bridgehead atoms. The van der Waals surface area contributed by atoms with Crippen LogP contribution in [0.15, 0.2) is 35.1 Å². The van der Waals surface area contributed by atoms with Gasteiger partial charge in [-0.25, -0.2) is 4.98 Å². The van der Waals surface area contributed by atoms with E-state index in [1.165, 1.54) is 6.07 Å². The first-order valence-electron chi connectivity index (χ1n) is 10.2. The van der Waals surface area contributed by atoms with Gasteiger partial charge in [-0.05, 0) is 31.4 Å². The molecule has 29 heavy (non-hydrogen) atoms. The van der Waals surface area contributed by atoms with Crippen LogP contribution < -0.4 is 10.9 Å². The minimum atomic E-state index is -0.986. The van der Waals surface area contributed by atoms with E-state index in [2.05, 4.69) is 15.3 Å². The lowest BCUT2D eigenvalue weighted by atomic mass is 9.77. The van der Waals surface area contributed by atoms with Crippen molar-refractivity contribution in [1.29, 1.82) is 0 Å². The second kappa shape index (κ2) is 9.03. The third-order valence-corrected chi connectivity index (χ3v) is 5.59. The van der Waals surface area contributed by atoms with Gasteiger partial charge in [0.05, 0.1) is 5.41 Å². The fraction of sp³-hybridized carbons (Fsp3) is 0.455. The molecule has 7 heteroatoms. The van der Waals surface area contributed by atoms with Gasteiger partial charge in [-0.1, -0.05) is 44.7 Å². The van der Waals surface area contributed by atoms with Crippen molar-refractivity contribution in [2.45, 2.75) is 58.3 Å². The molecule has 1 heterocycles. The van der Waals surface area contributed by atoms with E-state index >= 15 is 0 Å². The van der Waals surface area contributed by atoms with Gasteiger partial charge in [0.15, 0.2) is 0 Å². The highest BCUT2D eigenvalue weighted by Crippen LogP contribution is 2.38. The number of aryl methyl sites for hydroxylation is 1. The predicted octanol–water partition coefficient (Wildman–Crippen LogP) is 3.75. The Kier molecular flexibility index (Phi) is 6.46. The molecule has 1 aliphatic rings. The number of hydrogen-bond acceptors (Lipinski definition) is 4. The number of nitrogens with zero attached hydrogens (tertiary/aromatic N) is 1. The molecular weight excluding hydrogens is 370 g/mol. The lowest BCUT2D eigenvalue weighted by molar-refractivity contribution is -0.152. The molecule has 1 amide bonds. The number of aromatic amines is 1. The molecule has 1 saturated carbocycles. The summed E-state index contributed by atoms with van der Waals surface area (Å²) in [6, 6.07) is 8.51. The SMILES string of the molecule is CCc1cc(=O)[nH]c(-c2cccc(NC(=O)CC3(C(=O)O)CCCCCC3)c2)n1. The minimum absolute atomic E-state index is 0.0348. The number of carboxylic acid groups (broad SMARTS) is 1. The summed E-state index contributed by atoms with van der Waals surface area (Å²) in [5.41, 5.74) is 0.706. The first kappa shape index (κ1) is 20.8. The maximum Gasteiger partial charge on any atom is 0.310 e. The first-order valence-corrected chi connectivity index (χ1v) is 10.2. The lowest BCUT2D eigenvalue weighted by Gasteiger charge is -2.27. The molecule has 0 saturated heterocycles. The number of aromatic nitrogens is 2. The Balaban J connectivity index is 1.77. The Labute approximate surface area is 169 Å². The molecule has 0 aliphatic heterocycles. The highest BCUT2D eigenvalue weighted by atomic mass is 16.4. The van der Waals surface area contributed by atoms with E-state index < -0.39 is 11.4 Å². The number of hydrogen-bond donors (Lipinski definition) is 3. The van der Waals surface area contributed by atoms with Crippen LogP contribution in [0.4, 0.5) is 5.69 Å². The Morgan fingerprint density at radius 3 is 2.55 bits per heavy atom. The van der Waals surface area contributed by atoms with Gasteiger partial charge < -0.3 is 15.4 Å². The molecule has 1 aromatic heterocycles. The molecule has 0 radical (unpaired) electrons. The van der Waals surface area contributed by atoms with Crippen molar-refractivity contribution in [1.82, 2.24) is 9.97 Å². The number of H-pyrrole nitrogens is 1. The zero-order valence-electron chi connectivity index (χ0n) is 16.7. The van der Waals surface area contributed by atoms with Gasteiger partial charge in [0.2, 0.25) is 5.91 Å². The largest absolute Gasteiger partial charge is 0.481 e. The summed E-state index contributed by atoms with van der Waals surface area (Å²) < 4.78 is 0. The highest BCUT2D eigenvalue weighted by molar-refractivity contribution is 5.94. The standard InChI is InChI=1S/C22H27N3O4/c1-2-16-13-18(26)25-20(24-16)15-8-7-9-17(12-15)23-19(27)14-22(21(28)29)10-5-3-4-6-11-22/h7-9,12-13H,2-6,10-11,14H2,1H3,(H,23,27)(H,28,29)(H,24,25,26). The van der Waals surface area contributed by atoms with Crippen molar-refractivity contribution in [2.24, 2.45) is 5.41 Å². The van der Waals surface area contributed by atoms with E-state index in [1.807, 2.05) is 6.92 Å². The first-order chi connectivity index (χ1) is 13.9. The van der Waals surface area contributed by atoms with E-state index in [0.717, 1.165) is 25.7 Å². The van der Waals surface area contributed by atoms with Crippen molar-refractivity contribution in [3.05, 3.63) is 46.4 Å². The van der Waals surface area contributed by atoms with Gasteiger partial charge in [-0.15, -0.1) is 0 Å². The molecule has 154 valence electrons. The number of carbonyl (C=O) groups is 2. The van der Waals surface area contributed by atoms with Crippen molar-refractivity contribution >= 4 is 17.6 Å². The number of carboxylic acids is 1. The Hall–Kier alpha value is -2.96. The predicted molar refractivity (Wildman–Crippen MR) is 111 cm³/mol. The zero-order chi connectivity index (χ0) is 20.9. The number of benzene rings is 1. The number of rotatable bonds is 6. The summed E-state index contributed by atoms with van der Waals surface area (Å²) in [6.07, 6.45) is 5.37. The Morgan fingerprint density at radius 2 is 1.90 bits per heavy atom. The quantitative estimate of drug-likeness (QED) is 0.643. The zero-order valence-corrected chi connectivity index (χ0v) is 16.7. The summed E-state index contributed by atoms with van der Waals surface area (Å²) in [4.78, 5) is 43.6. The molecular formula is C22H27N3O4. The van der Waals surface area contributed by atoms with Gasteiger partial charge in [-0.2, -0.15) is 0 Å². The van der Waals surface area contributed by atoms with Gasteiger partial charge in [0.25, 0.3) is 5.56 Å². The Bertz CT molecular complexity index is 943. The van der Waals surface area contributed by atoms with Gasteiger partial charge in [-0.3, -0.25) is 14.4 Å². The third-order valence-electron chi connectivity index (χ3n) is 5.59.